The first-order valence-corrected chi connectivity index (χ1v) is 11.4. The van der Waals surface area contributed by atoms with Crippen molar-refractivity contribution in [3.05, 3.63) is 41.8 Å². The van der Waals surface area contributed by atoms with Gasteiger partial charge in [0.2, 0.25) is 5.91 Å². The number of thiophene rings is 1. The summed E-state index contributed by atoms with van der Waals surface area (Å²) in [5, 5.41) is 4.64. The minimum Gasteiger partial charge on any atom is -0.494 e. The molecular weight excluding hydrogens is 384 g/mol. The smallest absolute Gasteiger partial charge is 0.252 e. The van der Waals surface area contributed by atoms with Gasteiger partial charge >= 0.3 is 0 Å². The van der Waals surface area contributed by atoms with Gasteiger partial charge in [-0.1, -0.05) is 19.1 Å². The summed E-state index contributed by atoms with van der Waals surface area (Å²) in [6, 6.07) is 10.6. The van der Waals surface area contributed by atoms with Gasteiger partial charge in [0.15, 0.2) is 0 Å². The standard InChI is InChI=1S/C19H24N2O4S2/c1-2-11-25-17-8-3-7-16(13-17)20-19(22)15-6-4-10-21(14-15)27(23,24)18-9-5-12-26-18/h3,5,7-9,12-13,15H,2,4,6,10-11,14H2,1H3,(H,20,22). The van der Waals surface area contributed by atoms with Crippen molar-refractivity contribution < 1.29 is 17.9 Å². The lowest BCUT2D eigenvalue weighted by Gasteiger charge is -2.30. The first kappa shape index (κ1) is 19.9. The zero-order valence-corrected chi connectivity index (χ0v) is 16.9. The van der Waals surface area contributed by atoms with Crippen LogP contribution in [0, 0.1) is 5.92 Å². The lowest BCUT2D eigenvalue weighted by atomic mass is 9.98. The predicted octanol–water partition coefficient (Wildman–Crippen LogP) is 3.58. The molecule has 1 aromatic heterocycles. The fraction of sp³-hybridized carbons (Fsp3) is 0.421. The van der Waals surface area contributed by atoms with E-state index in [-0.39, 0.29) is 18.4 Å². The number of benzene rings is 1. The Bertz CT molecular complexity index is 866. The van der Waals surface area contributed by atoms with Crippen molar-refractivity contribution in [2.75, 3.05) is 25.0 Å². The monoisotopic (exact) mass is 408 g/mol. The van der Waals surface area contributed by atoms with Crippen LogP contribution in [0.3, 0.4) is 0 Å². The summed E-state index contributed by atoms with van der Waals surface area (Å²) in [6.07, 6.45) is 2.25. The van der Waals surface area contributed by atoms with Crippen LogP contribution in [0.4, 0.5) is 5.69 Å². The van der Waals surface area contributed by atoms with Crippen LogP contribution < -0.4 is 10.1 Å². The number of carbonyl (C=O) groups excluding carboxylic acids is 1. The number of hydrogen-bond donors (Lipinski definition) is 1. The number of sulfonamides is 1. The molecule has 1 fully saturated rings. The van der Waals surface area contributed by atoms with Crippen molar-refractivity contribution in [2.24, 2.45) is 5.92 Å². The van der Waals surface area contributed by atoms with E-state index in [2.05, 4.69) is 5.32 Å². The Morgan fingerprint density at radius 2 is 2.19 bits per heavy atom. The number of anilines is 1. The largest absolute Gasteiger partial charge is 0.494 e. The van der Waals surface area contributed by atoms with Gasteiger partial charge in [0.25, 0.3) is 10.0 Å². The molecule has 1 N–H and O–H groups in total. The topological polar surface area (TPSA) is 75.7 Å². The number of nitrogens with zero attached hydrogens (tertiary/aromatic N) is 1. The number of hydrogen-bond acceptors (Lipinski definition) is 5. The highest BCUT2D eigenvalue weighted by molar-refractivity contribution is 7.91. The molecule has 1 atom stereocenters. The predicted molar refractivity (Wildman–Crippen MR) is 107 cm³/mol. The Morgan fingerprint density at radius 3 is 2.93 bits per heavy atom. The van der Waals surface area contributed by atoms with E-state index in [1.165, 1.54) is 15.6 Å². The van der Waals surface area contributed by atoms with Crippen LogP contribution in [0.1, 0.15) is 26.2 Å². The second kappa shape index (κ2) is 8.86. The lowest BCUT2D eigenvalue weighted by molar-refractivity contribution is -0.120. The molecule has 1 amide bonds. The van der Waals surface area contributed by atoms with Gasteiger partial charge in [0, 0.05) is 24.8 Å². The molecule has 1 aliphatic rings. The highest BCUT2D eigenvalue weighted by Crippen LogP contribution is 2.27. The molecule has 3 rings (SSSR count). The third-order valence-corrected chi connectivity index (χ3v) is 7.66. The summed E-state index contributed by atoms with van der Waals surface area (Å²) in [6.45, 7) is 3.31. The molecule has 27 heavy (non-hydrogen) atoms. The van der Waals surface area contributed by atoms with E-state index >= 15 is 0 Å². The first-order chi connectivity index (χ1) is 13.0. The third kappa shape index (κ3) is 4.88. The molecule has 1 unspecified atom stereocenters. The van der Waals surface area contributed by atoms with Crippen LogP contribution in [0.15, 0.2) is 46.0 Å². The summed E-state index contributed by atoms with van der Waals surface area (Å²) in [4.78, 5) is 12.7. The molecule has 8 heteroatoms. The van der Waals surface area contributed by atoms with Crippen molar-refractivity contribution in [3.63, 3.8) is 0 Å². The van der Waals surface area contributed by atoms with Gasteiger partial charge in [-0.05, 0) is 42.8 Å². The van der Waals surface area contributed by atoms with Gasteiger partial charge in [-0.15, -0.1) is 11.3 Å². The quantitative estimate of drug-likeness (QED) is 0.760. The van der Waals surface area contributed by atoms with Crippen molar-refractivity contribution >= 4 is 33.0 Å². The number of nitrogens with one attached hydrogen (secondary N) is 1. The van der Waals surface area contributed by atoms with Gasteiger partial charge in [-0.2, -0.15) is 4.31 Å². The summed E-state index contributed by atoms with van der Waals surface area (Å²) in [7, 11) is -3.52. The molecule has 0 bridgehead atoms. The minimum absolute atomic E-state index is 0.159. The van der Waals surface area contributed by atoms with E-state index in [4.69, 9.17) is 4.74 Å². The zero-order chi connectivity index (χ0) is 19.3. The van der Waals surface area contributed by atoms with Gasteiger partial charge in [0.1, 0.15) is 9.96 Å². The van der Waals surface area contributed by atoms with Gasteiger partial charge < -0.3 is 10.1 Å². The molecule has 2 aromatic rings. The first-order valence-electron chi connectivity index (χ1n) is 9.08. The van der Waals surface area contributed by atoms with Crippen molar-refractivity contribution in [1.82, 2.24) is 4.31 Å². The second-order valence-corrected chi connectivity index (χ2v) is 9.61. The van der Waals surface area contributed by atoms with Crippen LogP contribution in [-0.2, 0) is 14.8 Å². The molecule has 1 aromatic carbocycles. The summed E-state index contributed by atoms with van der Waals surface area (Å²) in [5.41, 5.74) is 0.659. The van der Waals surface area contributed by atoms with Crippen molar-refractivity contribution in [3.8, 4) is 5.75 Å². The molecule has 146 valence electrons. The second-order valence-electron chi connectivity index (χ2n) is 6.50. The Labute approximate surface area is 164 Å². The molecule has 1 aliphatic heterocycles. The van der Waals surface area contributed by atoms with Crippen LogP contribution >= 0.6 is 11.3 Å². The molecule has 6 nitrogen and oxygen atoms in total. The van der Waals surface area contributed by atoms with Crippen molar-refractivity contribution in [1.29, 1.82) is 0 Å². The number of amides is 1. The number of piperidine rings is 1. The fourth-order valence-corrected chi connectivity index (χ4v) is 5.71. The van der Waals surface area contributed by atoms with Crippen molar-refractivity contribution in [2.45, 2.75) is 30.4 Å². The molecule has 1 saturated heterocycles. The van der Waals surface area contributed by atoms with E-state index in [0.717, 1.165) is 6.42 Å². The van der Waals surface area contributed by atoms with Crippen LogP contribution in [0.5, 0.6) is 5.75 Å². The van der Waals surface area contributed by atoms with E-state index in [1.807, 2.05) is 19.1 Å². The Morgan fingerprint density at radius 1 is 1.33 bits per heavy atom. The zero-order valence-electron chi connectivity index (χ0n) is 15.3. The van der Waals surface area contributed by atoms with Gasteiger partial charge in [-0.25, -0.2) is 8.42 Å². The van der Waals surface area contributed by atoms with Gasteiger partial charge in [0.05, 0.1) is 12.5 Å². The maximum absolute atomic E-state index is 12.7. The highest BCUT2D eigenvalue weighted by Gasteiger charge is 2.33. The number of rotatable bonds is 7. The lowest BCUT2D eigenvalue weighted by Crippen LogP contribution is -2.43. The maximum atomic E-state index is 12.7. The van der Waals surface area contributed by atoms with Crippen LogP contribution in [0.25, 0.3) is 0 Å². The maximum Gasteiger partial charge on any atom is 0.252 e. The fourth-order valence-electron chi connectivity index (χ4n) is 3.04. The molecule has 0 saturated carbocycles. The summed E-state index contributed by atoms with van der Waals surface area (Å²) < 4.78 is 32.8. The average molecular weight is 409 g/mol. The Hall–Kier alpha value is -1.90. The van der Waals surface area contributed by atoms with E-state index in [0.29, 0.717) is 41.6 Å². The number of ether oxygens (including phenoxy) is 1. The Balaban J connectivity index is 1.65. The highest BCUT2D eigenvalue weighted by atomic mass is 32.2. The average Bonchev–Trinajstić information content (AvgIpc) is 3.22. The molecule has 2 heterocycles. The summed E-state index contributed by atoms with van der Waals surface area (Å²) in [5.74, 6) is 0.183. The SMILES string of the molecule is CCCOc1cccc(NC(=O)C2CCCN(S(=O)(=O)c3cccs3)C2)c1. The summed E-state index contributed by atoms with van der Waals surface area (Å²) >= 11 is 1.20. The molecule has 0 radical (unpaired) electrons. The Kier molecular flexibility index (Phi) is 6.51. The number of carbonyl (C=O) groups is 1. The normalized spacial score (nSPS) is 18.2. The third-order valence-electron chi connectivity index (χ3n) is 4.42. The molecule has 0 spiro atoms. The van der Waals surface area contributed by atoms with Gasteiger partial charge in [-0.3, -0.25) is 4.79 Å². The van der Waals surface area contributed by atoms with E-state index < -0.39 is 10.0 Å². The minimum atomic E-state index is -3.52. The van der Waals surface area contributed by atoms with Crippen LogP contribution in [-0.4, -0.2) is 38.3 Å². The molecule has 0 aliphatic carbocycles. The van der Waals surface area contributed by atoms with E-state index in [1.54, 1.807) is 29.6 Å². The van der Waals surface area contributed by atoms with E-state index in [9.17, 15) is 13.2 Å². The van der Waals surface area contributed by atoms with Crippen LogP contribution in [0.2, 0.25) is 0 Å². The molecular formula is C19H24N2O4S2.